The Labute approximate surface area is 164 Å². The average Bonchev–Trinajstić information content (AvgIpc) is 2.87. The molecule has 2 aromatic heterocycles. The van der Waals surface area contributed by atoms with Crippen molar-refractivity contribution in [1.29, 1.82) is 0 Å². The van der Waals surface area contributed by atoms with Crippen LogP contribution in [0.25, 0.3) is 0 Å². The quantitative estimate of drug-likeness (QED) is 0.393. The molecule has 0 bridgehead atoms. The second-order valence-electron chi connectivity index (χ2n) is 4.93. The lowest BCUT2D eigenvalue weighted by atomic mass is 10.2. The monoisotopic (exact) mass is 461 g/mol. The standard InChI is InChI=1S/C16H23N5OS.HI/c1-5-22-15-13(7-6-8-18-15)9-19-16(17-4)20-10-14-21-11(2)12(3)23-14;/h6-8H,5,9-10H2,1-4H3,(H2,17,19,20);1H. The lowest BCUT2D eigenvalue weighted by molar-refractivity contribution is 0.322. The van der Waals surface area contributed by atoms with Crippen molar-refractivity contribution in [3.8, 4) is 5.88 Å². The van der Waals surface area contributed by atoms with Crippen LogP contribution < -0.4 is 15.4 Å². The van der Waals surface area contributed by atoms with Crippen LogP contribution in [0.1, 0.15) is 28.1 Å². The van der Waals surface area contributed by atoms with Crippen molar-refractivity contribution in [2.75, 3.05) is 13.7 Å². The zero-order valence-corrected chi connectivity index (χ0v) is 17.6. The van der Waals surface area contributed by atoms with Gasteiger partial charge >= 0.3 is 0 Å². The van der Waals surface area contributed by atoms with Crippen LogP contribution in [0.2, 0.25) is 0 Å². The Kier molecular flexibility index (Phi) is 8.98. The minimum Gasteiger partial charge on any atom is -0.478 e. The summed E-state index contributed by atoms with van der Waals surface area (Å²) in [6.45, 7) is 7.91. The second kappa shape index (κ2) is 10.4. The second-order valence-corrected chi connectivity index (χ2v) is 6.22. The van der Waals surface area contributed by atoms with E-state index < -0.39 is 0 Å². The van der Waals surface area contributed by atoms with Gasteiger partial charge < -0.3 is 15.4 Å². The van der Waals surface area contributed by atoms with Crippen LogP contribution >= 0.6 is 35.3 Å². The summed E-state index contributed by atoms with van der Waals surface area (Å²) in [6.07, 6.45) is 1.73. The predicted molar refractivity (Wildman–Crippen MR) is 109 cm³/mol. The van der Waals surface area contributed by atoms with Crippen molar-refractivity contribution in [2.45, 2.75) is 33.9 Å². The summed E-state index contributed by atoms with van der Waals surface area (Å²) < 4.78 is 5.53. The van der Waals surface area contributed by atoms with Crippen molar-refractivity contribution in [3.05, 3.63) is 39.5 Å². The van der Waals surface area contributed by atoms with Crippen molar-refractivity contribution in [2.24, 2.45) is 4.99 Å². The number of ether oxygens (including phenoxy) is 1. The third kappa shape index (κ3) is 5.90. The SMILES string of the molecule is CCOc1ncccc1CNC(=NC)NCc1nc(C)c(C)s1.I. The minimum absolute atomic E-state index is 0. The van der Waals surface area contributed by atoms with E-state index >= 15 is 0 Å². The molecule has 8 heteroatoms. The zero-order valence-electron chi connectivity index (χ0n) is 14.4. The molecular weight excluding hydrogens is 437 g/mol. The molecule has 0 aromatic carbocycles. The van der Waals surface area contributed by atoms with E-state index in [-0.39, 0.29) is 24.0 Å². The van der Waals surface area contributed by atoms with Gasteiger partial charge in [-0.25, -0.2) is 9.97 Å². The van der Waals surface area contributed by atoms with E-state index in [1.165, 1.54) is 4.88 Å². The molecular formula is C16H24IN5OS. The number of aromatic nitrogens is 2. The first-order chi connectivity index (χ1) is 11.1. The molecule has 24 heavy (non-hydrogen) atoms. The lowest BCUT2D eigenvalue weighted by Gasteiger charge is -2.13. The molecule has 0 saturated heterocycles. The van der Waals surface area contributed by atoms with Crippen LogP contribution in [0.5, 0.6) is 5.88 Å². The fourth-order valence-corrected chi connectivity index (χ4v) is 2.87. The van der Waals surface area contributed by atoms with Gasteiger partial charge in [-0.2, -0.15) is 0 Å². The summed E-state index contributed by atoms with van der Waals surface area (Å²) in [7, 11) is 1.75. The van der Waals surface area contributed by atoms with E-state index in [1.807, 2.05) is 26.0 Å². The van der Waals surface area contributed by atoms with Crippen molar-refractivity contribution >= 4 is 41.3 Å². The van der Waals surface area contributed by atoms with Crippen LogP contribution in [-0.2, 0) is 13.1 Å². The lowest BCUT2D eigenvalue weighted by Crippen LogP contribution is -2.36. The highest BCUT2D eigenvalue weighted by Gasteiger charge is 2.07. The van der Waals surface area contributed by atoms with Gasteiger partial charge in [0.2, 0.25) is 5.88 Å². The maximum absolute atomic E-state index is 5.53. The van der Waals surface area contributed by atoms with E-state index in [4.69, 9.17) is 4.74 Å². The number of nitrogens with zero attached hydrogens (tertiary/aromatic N) is 3. The van der Waals surface area contributed by atoms with E-state index in [0.717, 1.165) is 22.2 Å². The maximum Gasteiger partial charge on any atom is 0.218 e. The Balaban J connectivity index is 0.00000288. The van der Waals surface area contributed by atoms with Gasteiger partial charge in [-0.3, -0.25) is 4.99 Å². The number of thiazole rings is 1. The summed E-state index contributed by atoms with van der Waals surface area (Å²) in [6, 6.07) is 3.89. The number of halogens is 1. The summed E-state index contributed by atoms with van der Waals surface area (Å²) in [5, 5.41) is 7.60. The highest BCUT2D eigenvalue weighted by Crippen LogP contribution is 2.16. The molecule has 6 nitrogen and oxygen atoms in total. The van der Waals surface area contributed by atoms with Crippen molar-refractivity contribution in [1.82, 2.24) is 20.6 Å². The van der Waals surface area contributed by atoms with Crippen LogP contribution in [0.4, 0.5) is 0 Å². The van der Waals surface area contributed by atoms with Gasteiger partial charge in [-0.05, 0) is 26.8 Å². The minimum atomic E-state index is 0. The van der Waals surface area contributed by atoms with Gasteiger partial charge in [-0.15, -0.1) is 35.3 Å². The first-order valence-electron chi connectivity index (χ1n) is 7.58. The number of guanidine groups is 1. The molecule has 0 amide bonds. The number of aliphatic imine (C=N–C) groups is 1. The molecule has 2 N–H and O–H groups in total. The Morgan fingerprint density at radius 2 is 2.04 bits per heavy atom. The first-order valence-corrected chi connectivity index (χ1v) is 8.39. The molecule has 0 unspecified atom stereocenters. The van der Waals surface area contributed by atoms with Gasteiger partial charge in [0, 0.05) is 30.2 Å². The number of pyridine rings is 1. The molecule has 2 rings (SSSR count). The molecule has 0 saturated carbocycles. The van der Waals surface area contributed by atoms with E-state index in [0.29, 0.717) is 25.6 Å². The molecule has 2 aromatic rings. The molecule has 0 aliphatic heterocycles. The Morgan fingerprint density at radius 3 is 2.67 bits per heavy atom. The first kappa shape index (κ1) is 20.6. The highest BCUT2D eigenvalue weighted by molar-refractivity contribution is 14.0. The molecule has 0 fully saturated rings. The van der Waals surface area contributed by atoms with Crippen molar-refractivity contribution < 1.29 is 4.74 Å². The molecule has 0 aliphatic rings. The van der Waals surface area contributed by atoms with E-state index in [1.54, 1.807) is 24.6 Å². The number of hydrogen-bond donors (Lipinski definition) is 2. The van der Waals surface area contributed by atoms with Crippen LogP contribution in [-0.4, -0.2) is 29.6 Å². The summed E-state index contributed by atoms with van der Waals surface area (Å²) in [5.74, 6) is 1.38. The van der Waals surface area contributed by atoms with Gasteiger partial charge in [-0.1, -0.05) is 6.07 Å². The third-order valence-corrected chi connectivity index (χ3v) is 4.35. The topological polar surface area (TPSA) is 71.4 Å². The molecule has 0 spiro atoms. The van der Waals surface area contributed by atoms with E-state index in [9.17, 15) is 0 Å². The maximum atomic E-state index is 5.53. The smallest absolute Gasteiger partial charge is 0.218 e. The third-order valence-electron chi connectivity index (χ3n) is 3.28. The number of hydrogen-bond acceptors (Lipinski definition) is 5. The molecule has 2 heterocycles. The summed E-state index contributed by atoms with van der Waals surface area (Å²) >= 11 is 1.70. The molecule has 0 atom stereocenters. The Morgan fingerprint density at radius 1 is 1.29 bits per heavy atom. The Hall–Kier alpha value is -1.42. The van der Waals surface area contributed by atoms with Crippen LogP contribution in [0, 0.1) is 13.8 Å². The largest absolute Gasteiger partial charge is 0.478 e. The van der Waals surface area contributed by atoms with Crippen molar-refractivity contribution in [3.63, 3.8) is 0 Å². The molecule has 0 radical (unpaired) electrons. The highest BCUT2D eigenvalue weighted by atomic mass is 127. The van der Waals surface area contributed by atoms with Gasteiger partial charge in [0.1, 0.15) is 5.01 Å². The normalized spacial score (nSPS) is 10.9. The van der Waals surface area contributed by atoms with Gasteiger partial charge in [0.25, 0.3) is 0 Å². The summed E-state index contributed by atoms with van der Waals surface area (Å²) in [4.78, 5) is 14.2. The zero-order chi connectivity index (χ0) is 16.7. The molecule has 0 aliphatic carbocycles. The van der Waals surface area contributed by atoms with Gasteiger partial charge in [0.15, 0.2) is 5.96 Å². The fourth-order valence-electron chi connectivity index (χ4n) is 2.00. The van der Waals surface area contributed by atoms with Crippen LogP contribution in [0.15, 0.2) is 23.3 Å². The number of nitrogens with one attached hydrogen (secondary N) is 2. The van der Waals surface area contributed by atoms with Gasteiger partial charge in [0.05, 0.1) is 18.8 Å². The average molecular weight is 461 g/mol. The fraction of sp³-hybridized carbons (Fsp3) is 0.438. The number of aryl methyl sites for hydroxylation is 2. The predicted octanol–water partition coefficient (Wildman–Crippen LogP) is 3.04. The van der Waals surface area contributed by atoms with Crippen LogP contribution in [0.3, 0.4) is 0 Å². The summed E-state index contributed by atoms with van der Waals surface area (Å²) in [5.41, 5.74) is 2.09. The van der Waals surface area contributed by atoms with E-state index in [2.05, 4.69) is 32.5 Å². The number of rotatable bonds is 6. The molecule has 132 valence electrons. The Bertz CT molecular complexity index is 655.